The molecule has 1 aromatic heterocycles. The van der Waals surface area contributed by atoms with Crippen LogP contribution in [0.4, 0.5) is 13.2 Å². The van der Waals surface area contributed by atoms with Crippen LogP contribution >= 0.6 is 0 Å². The molecule has 2 aromatic rings. The first-order valence-corrected chi connectivity index (χ1v) is 6.46. The monoisotopic (exact) mass is 300 g/mol. The molecule has 0 unspecified atom stereocenters. The Hall–Kier alpha value is -2.02. The minimum atomic E-state index is -4.70. The van der Waals surface area contributed by atoms with E-state index in [1.165, 1.54) is 24.3 Å². The number of hydrogen-bond donors (Lipinski definition) is 1. The molecule has 114 valence electrons. The van der Waals surface area contributed by atoms with Crippen molar-refractivity contribution in [3.63, 3.8) is 0 Å². The van der Waals surface area contributed by atoms with E-state index in [9.17, 15) is 18.3 Å². The predicted octanol–water partition coefficient (Wildman–Crippen LogP) is 3.35. The van der Waals surface area contributed by atoms with Crippen LogP contribution in [0.15, 0.2) is 30.3 Å². The van der Waals surface area contributed by atoms with Crippen LogP contribution in [-0.2, 0) is 13.2 Å². The molecule has 0 amide bonds. The van der Waals surface area contributed by atoms with Crippen LogP contribution in [0.2, 0.25) is 0 Å². The van der Waals surface area contributed by atoms with Crippen LogP contribution in [-0.4, -0.2) is 21.2 Å². The molecule has 4 nitrogen and oxygen atoms in total. The van der Waals surface area contributed by atoms with Gasteiger partial charge in [-0.25, -0.2) is 0 Å². The lowest BCUT2D eigenvalue weighted by atomic mass is 10.1. The van der Waals surface area contributed by atoms with Crippen molar-refractivity contribution in [2.75, 3.05) is 0 Å². The molecule has 0 aliphatic carbocycles. The molecule has 0 saturated heterocycles. The Balaban J connectivity index is 2.22. The first kappa shape index (κ1) is 15.4. The summed E-state index contributed by atoms with van der Waals surface area (Å²) in [4.78, 5) is 0. The number of nitrogens with zero attached hydrogens (tertiary/aromatic N) is 2. The van der Waals surface area contributed by atoms with Gasteiger partial charge in [-0.2, -0.15) is 5.10 Å². The summed E-state index contributed by atoms with van der Waals surface area (Å²) in [5.41, 5.74) is 1.93. The minimum absolute atomic E-state index is 0.137. The van der Waals surface area contributed by atoms with Gasteiger partial charge in [0.1, 0.15) is 5.75 Å². The Labute approximate surface area is 119 Å². The third kappa shape index (κ3) is 3.98. The van der Waals surface area contributed by atoms with E-state index in [1.54, 1.807) is 10.7 Å². The molecule has 1 heterocycles. The summed E-state index contributed by atoms with van der Waals surface area (Å²) >= 11 is 0. The molecule has 7 heteroatoms. The number of alkyl halides is 3. The van der Waals surface area contributed by atoms with E-state index in [-0.39, 0.29) is 12.4 Å². The molecule has 1 N–H and O–H groups in total. The Morgan fingerprint density at radius 1 is 1.24 bits per heavy atom. The topological polar surface area (TPSA) is 47.3 Å². The van der Waals surface area contributed by atoms with E-state index >= 15 is 0 Å². The highest BCUT2D eigenvalue weighted by Gasteiger charge is 2.30. The Morgan fingerprint density at radius 3 is 2.43 bits per heavy atom. The third-order valence-corrected chi connectivity index (χ3v) is 2.84. The molecular formula is C14H15F3N2O2. The standard InChI is InChI=1S/C14H15F3N2O2/c1-2-7-19-11(9-20)8-13(18-19)10-3-5-12(6-4-10)21-14(15,16)17/h3-6,8,20H,2,7,9H2,1H3. The number of aromatic nitrogens is 2. The van der Waals surface area contributed by atoms with Crippen molar-refractivity contribution in [1.82, 2.24) is 9.78 Å². The Kier molecular flexibility index (Phi) is 4.52. The average molecular weight is 300 g/mol. The summed E-state index contributed by atoms with van der Waals surface area (Å²) in [6.07, 6.45) is -3.83. The zero-order chi connectivity index (χ0) is 15.5. The average Bonchev–Trinajstić information content (AvgIpc) is 2.81. The third-order valence-electron chi connectivity index (χ3n) is 2.84. The molecule has 0 bridgehead atoms. The van der Waals surface area contributed by atoms with Crippen molar-refractivity contribution >= 4 is 0 Å². The summed E-state index contributed by atoms with van der Waals surface area (Å²) in [7, 11) is 0. The number of aliphatic hydroxyl groups is 1. The molecule has 0 fully saturated rings. The second-order valence-corrected chi connectivity index (χ2v) is 4.47. The van der Waals surface area contributed by atoms with Crippen LogP contribution in [0.1, 0.15) is 19.0 Å². The van der Waals surface area contributed by atoms with E-state index in [0.29, 0.717) is 23.5 Å². The van der Waals surface area contributed by atoms with E-state index in [2.05, 4.69) is 9.84 Å². The zero-order valence-electron chi connectivity index (χ0n) is 11.4. The summed E-state index contributed by atoms with van der Waals surface area (Å²) in [5.74, 6) is -0.276. The number of halogens is 3. The second kappa shape index (κ2) is 6.17. The van der Waals surface area contributed by atoms with Crippen LogP contribution in [0, 0.1) is 0 Å². The van der Waals surface area contributed by atoms with E-state index in [1.807, 2.05) is 6.92 Å². The van der Waals surface area contributed by atoms with Crippen molar-refractivity contribution in [3.05, 3.63) is 36.0 Å². The molecule has 1 aromatic carbocycles. The predicted molar refractivity (Wildman–Crippen MR) is 70.6 cm³/mol. The molecule has 0 aliphatic heterocycles. The normalized spacial score (nSPS) is 11.7. The van der Waals surface area contributed by atoms with Gasteiger partial charge in [0, 0.05) is 12.1 Å². The van der Waals surface area contributed by atoms with E-state index < -0.39 is 6.36 Å². The minimum Gasteiger partial charge on any atom is -0.406 e. The maximum Gasteiger partial charge on any atom is 0.573 e. The molecule has 0 atom stereocenters. The smallest absolute Gasteiger partial charge is 0.406 e. The van der Waals surface area contributed by atoms with Crippen molar-refractivity contribution in [2.24, 2.45) is 0 Å². The zero-order valence-corrected chi connectivity index (χ0v) is 11.4. The number of ether oxygens (including phenoxy) is 1. The SMILES string of the molecule is CCCn1nc(-c2ccc(OC(F)(F)F)cc2)cc1CO. The van der Waals surface area contributed by atoms with E-state index in [4.69, 9.17) is 0 Å². The van der Waals surface area contributed by atoms with Crippen LogP contribution in [0.5, 0.6) is 5.75 Å². The van der Waals surface area contributed by atoms with Gasteiger partial charge in [0.15, 0.2) is 0 Å². The maximum absolute atomic E-state index is 12.1. The number of aryl methyl sites for hydroxylation is 1. The van der Waals surface area contributed by atoms with Crippen molar-refractivity contribution in [3.8, 4) is 17.0 Å². The van der Waals surface area contributed by atoms with Gasteiger partial charge in [-0.3, -0.25) is 4.68 Å². The van der Waals surface area contributed by atoms with Crippen LogP contribution in [0.25, 0.3) is 11.3 Å². The van der Waals surface area contributed by atoms with Gasteiger partial charge in [-0.1, -0.05) is 6.92 Å². The van der Waals surface area contributed by atoms with Crippen molar-refractivity contribution in [2.45, 2.75) is 32.9 Å². The number of hydrogen-bond acceptors (Lipinski definition) is 3. The lowest BCUT2D eigenvalue weighted by Crippen LogP contribution is -2.16. The first-order chi connectivity index (χ1) is 9.93. The quantitative estimate of drug-likeness (QED) is 0.921. The summed E-state index contributed by atoms with van der Waals surface area (Å²) < 4.78 is 41.8. The Bertz CT molecular complexity index is 591. The maximum atomic E-state index is 12.1. The fourth-order valence-corrected chi connectivity index (χ4v) is 1.96. The summed E-state index contributed by atoms with van der Waals surface area (Å²) in [6.45, 7) is 2.53. The molecule has 21 heavy (non-hydrogen) atoms. The highest BCUT2D eigenvalue weighted by atomic mass is 19.4. The lowest BCUT2D eigenvalue weighted by molar-refractivity contribution is -0.274. The highest BCUT2D eigenvalue weighted by molar-refractivity contribution is 5.60. The molecule has 0 saturated carbocycles. The largest absolute Gasteiger partial charge is 0.573 e. The van der Waals surface area contributed by atoms with Gasteiger partial charge in [0.2, 0.25) is 0 Å². The highest BCUT2D eigenvalue weighted by Crippen LogP contribution is 2.26. The van der Waals surface area contributed by atoms with Crippen LogP contribution in [0.3, 0.4) is 0 Å². The fraction of sp³-hybridized carbons (Fsp3) is 0.357. The van der Waals surface area contributed by atoms with Crippen molar-refractivity contribution < 1.29 is 23.0 Å². The van der Waals surface area contributed by atoms with Crippen LogP contribution < -0.4 is 4.74 Å². The molecule has 0 aliphatic rings. The second-order valence-electron chi connectivity index (χ2n) is 4.47. The number of benzene rings is 1. The Morgan fingerprint density at radius 2 is 1.90 bits per heavy atom. The van der Waals surface area contributed by atoms with Gasteiger partial charge in [0.25, 0.3) is 0 Å². The van der Waals surface area contributed by atoms with Gasteiger partial charge in [-0.05, 0) is 36.8 Å². The van der Waals surface area contributed by atoms with E-state index in [0.717, 1.165) is 6.42 Å². The fourth-order valence-electron chi connectivity index (χ4n) is 1.96. The molecular weight excluding hydrogens is 285 g/mol. The van der Waals surface area contributed by atoms with Gasteiger partial charge >= 0.3 is 6.36 Å². The summed E-state index contributed by atoms with van der Waals surface area (Å²) in [6, 6.07) is 7.19. The number of aliphatic hydroxyl groups excluding tert-OH is 1. The molecule has 2 rings (SSSR count). The summed E-state index contributed by atoms with van der Waals surface area (Å²) in [5, 5.41) is 13.6. The molecule has 0 spiro atoms. The van der Waals surface area contributed by atoms with Gasteiger partial charge < -0.3 is 9.84 Å². The van der Waals surface area contributed by atoms with Gasteiger partial charge in [0.05, 0.1) is 18.0 Å². The molecule has 0 radical (unpaired) electrons. The first-order valence-electron chi connectivity index (χ1n) is 6.46. The number of rotatable bonds is 5. The van der Waals surface area contributed by atoms with Gasteiger partial charge in [-0.15, -0.1) is 13.2 Å². The lowest BCUT2D eigenvalue weighted by Gasteiger charge is -2.08. The van der Waals surface area contributed by atoms with Crippen molar-refractivity contribution in [1.29, 1.82) is 0 Å².